The van der Waals surface area contributed by atoms with Gasteiger partial charge in [0.1, 0.15) is 0 Å². The number of H-pyrrole nitrogens is 1. The number of nitrogens with one attached hydrogen (secondary N) is 1. The quantitative estimate of drug-likeness (QED) is 0.746. The molecule has 3 nitrogen and oxygen atoms in total. The van der Waals surface area contributed by atoms with Gasteiger partial charge in [-0.25, -0.2) is 4.98 Å². The van der Waals surface area contributed by atoms with Crippen LogP contribution in [-0.2, 0) is 0 Å². The van der Waals surface area contributed by atoms with Crippen LogP contribution in [0.4, 0.5) is 0 Å². The summed E-state index contributed by atoms with van der Waals surface area (Å²) in [6.45, 7) is 8.32. The number of hydrogen-bond donors (Lipinski definition) is 1. The molecule has 21 heavy (non-hydrogen) atoms. The van der Waals surface area contributed by atoms with Crippen LogP contribution in [0.25, 0.3) is 22.2 Å². The second kappa shape index (κ2) is 5.75. The molecule has 0 radical (unpaired) electrons. The van der Waals surface area contributed by atoms with Crippen LogP contribution in [0.2, 0.25) is 0 Å². The zero-order chi connectivity index (χ0) is 14.7. The Balaban J connectivity index is 1.67. The number of nitrogens with zero attached hydrogens (tertiary/aromatic N) is 2. The molecule has 0 aliphatic heterocycles. The summed E-state index contributed by atoms with van der Waals surface area (Å²) in [5.74, 6) is 0. The first kappa shape index (κ1) is 13.3. The number of benzene rings is 1. The molecule has 0 aliphatic carbocycles. The molecular weight excluding hydrogens is 258 g/mol. The maximum Gasteiger partial charge on any atom is 0.0931 e. The van der Waals surface area contributed by atoms with E-state index >= 15 is 0 Å². The number of aromatic nitrogens is 3. The maximum absolute atomic E-state index is 4.28. The molecule has 0 saturated carbocycles. The number of hydrogen-bond acceptors (Lipinski definition) is 2. The molecule has 0 saturated heterocycles. The van der Waals surface area contributed by atoms with Gasteiger partial charge in [0, 0.05) is 12.4 Å². The average Bonchev–Trinajstić information content (AvgIpc) is 3.00. The molecule has 104 valence electrons. The third-order valence-corrected chi connectivity index (χ3v) is 3.63. The second-order valence-corrected chi connectivity index (χ2v) is 5.08. The Morgan fingerprint density at radius 3 is 2.62 bits per heavy atom. The molecule has 0 fully saturated rings. The number of fused-ring (bicyclic) bond motifs is 1. The summed E-state index contributed by atoms with van der Waals surface area (Å²) >= 11 is 0. The van der Waals surface area contributed by atoms with E-state index in [0.29, 0.717) is 0 Å². The number of aromatic amines is 1. The van der Waals surface area contributed by atoms with Crippen molar-refractivity contribution in [1.82, 2.24) is 15.0 Å². The van der Waals surface area contributed by atoms with E-state index in [0.717, 1.165) is 46.1 Å². The Morgan fingerprint density at radius 2 is 1.86 bits per heavy atom. The van der Waals surface area contributed by atoms with Crippen molar-refractivity contribution in [2.24, 2.45) is 0 Å². The summed E-state index contributed by atoms with van der Waals surface area (Å²) in [6.07, 6.45) is 7.09. The Bertz CT molecular complexity index is 784. The third kappa shape index (κ3) is 2.92. The van der Waals surface area contributed by atoms with Crippen LogP contribution in [0.15, 0.2) is 62.2 Å². The van der Waals surface area contributed by atoms with Crippen molar-refractivity contribution in [2.45, 2.75) is 12.8 Å². The predicted molar refractivity (Wildman–Crippen MR) is 87.6 cm³/mol. The van der Waals surface area contributed by atoms with Gasteiger partial charge in [-0.2, -0.15) is 0 Å². The minimum absolute atomic E-state index is 0.878. The smallest absolute Gasteiger partial charge is 0.0931 e. The number of imidazole rings is 1. The van der Waals surface area contributed by atoms with Gasteiger partial charge in [0.15, 0.2) is 0 Å². The summed E-state index contributed by atoms with van der Waals surface area (Å²) in [4.78, 5) is 11.5. The van der Waals surface area contributed by atoms with Gasteiger partial charge in [0.05, 0.1) is 17.4 Å². The molecule has 3 heteroatoms. The number of pyridine rings is 1. The molecule has 0 aliphatic rings. The molecule has 0 atom stereocenters. The van der Waals surface area contributed by atoms with E-state index in [1.165, 1.54) is 0 Å². The molecule has 0 amide bonds. The van der Waals surface area contributed by atoms with Gasteiger partial charge in [-0.1, -0.05) is 25.3 Å². The van der Waals surface area contributed by atoms with E-state index in [1.54, 1.807) is 12.5 Å². The van der Waals surface area contributed by atoms with Gasteiger partial charge in [-0.15, -0.1) is 0 Å². The molecule has 3 aromatic rings. The van der Waals surface area contributed by atoms with E-state index in [4.69, 9.17) is 0 Å². The molecule has 0 bridgehead atoms. The van der Waals surface area contributed by atoms with Crippen LogP contribution in [0, 0.1) is 0 Å². The number of rotatable bonds is 5. The van der Waals surface area contributed by atoms with Crippen molar-refractivity contribution in [2.75, 3.05) is 0 Å². The second-order valence-electron chi connectivity index (χ2n) is 5.08. The van der Waals surface area contributed by atoms with E-state index in [9.17, 15) is 0 Å². The molecule has 1 N–H and O–H groups in total. The van der Waals surface area contributed by atoms with Crippen molar-refractivity contribution < 1.29 is 0 Å². The standard InChI is InChI=1S/C18H17N3/c1-13(5-6-14(2)16-4-3-9-19-11-16)15-7-8-17-18(10-15)21-12-20-17/h3-4,7-12H,1-2,5-6H2,(H,20,21). The van der Waals surface area contributed by atoms with E-state index in [-0.39, 0.29) is 0 Å². The lowest BCUT2D eigenvalue weighted by molar-refractivity contribution is 1.09. The lowest BCUT2D eigenvalue weighted by Gasteiger charge is -2.08. The first-order valence-corrected chi connectivity index (χ1v) is 6.93. The van der Waals surface area contributed by atoms with E-state index in [1.807, 2.05) is 24.4 Å². The van der Waals surface area contributed by atoms with Gasteiger partial charge < -0.3 is 4.98 Å². The highest BCUT2D eigenvalue weighted by Gasteiger charge is 2.05. The van der Waals surface area contributed by atoms with Crippen molar-refractivity contribution in [1.29, 1.82) is 0 Å². The van der Waals surface area contributed by atoms with Gasteiger partial charge in [0.25, 0.3) is 0 Å². The normalized spacial score (nSPS) is 10.7. The van der Waals surface area contributed by atoms with Crippen molar-refractivity contribution in [3.8, 4) is 0 Å². The highest BCUT2D eigenvalue weighted by molar-refractivity contribution is 5.80. The molecule has 2 heterocycles. The van der Waals surface area contributed by atoms with Crippen molar-refractivity contribution in [3.63, 3.8) is 0 Å². The monoisotopic (exact) mass is 275 g/mol. The van der Waals surface area contributed by atoms with E-state index < -0.39 is 0 Å². The Morgan fingerprint density at radius 1 is 1.05 bits per heavy atom. The zero-order valence-electron chi connectivity index (χ0n) is 11.8. The Hall–Kier alpha value is -2.68. The van der Waals surface area contributed by atoms with Gasteiger partial charge in [-0.05, 0) is 53.3 Å². The fourth-order valence-electron chi connectivity index (χ4n) is 2.31. The van der Waals surface area contributed by atoms with Gasteiger partial charge in [-0.3, -0.25) is 4.98 Å². The molecule has 0 unspecified atom stereocenters. The largest absolute Gasteiger partial charge is 0.345 e. The van der Waals surface area contributed by atoms with Crippen LogP contribution in [0.1, 0.15) is 24.0 Å². The fourth-order valence-corrected chi connectivity index (χ4v) is 2.31. The highest BCUT2D eigenvalue weighted by atomic mass is 14.9. The van der Waals surface area contributed by atoms with Crippen LogP contribution in [-0.4, -0.2) is 15.0 Å². The van der Waals surface area contributed by atoms with Crippen LogP contribution >= 0.6 is 0 Å². The Labute approximate surface area is 124 Å². The predicted octanol–water partition coefficient (Wildman–Crippen LogP) is 4.46. The SMILES string of the molecule is C=C(CCC(=C)c1ccc2[nH]cnc2c1)c1cccnc1. The molecule has 2 aromatic heterocycles. The fraction of sp³-hybridized carbons (Fsp3) is 0.111. The van der Waals surface area contributed by atoms with Crippen LogP contribution in [0.5, 0.6) is 0 Å². The molecule has 0 spiro atoms. The third-order valence-electron chi connectivity index (χ3n) is 3.63. The first-order valence-electron chi connectivity index (χ1n) is 6.93. The minimum Gasteiger partial charge on any atom is -0.345 e. The topological polar surface area (TPSA) is 41.6 Å². The minimum atomic E-state index is 0.878. The van der Waals surface area contributed by atoms with Gasteiger partial charge >= 0.3 is 0 Å². The van der Waals surface area contributed by atoms with Gasteiger partial charge in [0.2, 0.25) is 0 Å². The lowest BCUT2D eigenvalue weighted by atomic mass is 9.97. The van der Waals surface area contributed by atoms with Crippen LogP contribution < -0.4 is 0 Å². The molecule has 3 rings (SSSR count). The average molecular weight is 275 g/mol. The summed E-state index contributed by atoms with van der Waals surface area (Å²) in [6, 6.07) is 10.2. The summed E-state index contributed by atoms with van der Waals surface area (Å²) < 4.78 is 0. The Kier molecular flexibility index (Phi) is 3.65. The zero-order valence-corrected chi connectivity index (χ0v) is 11.8. The molecular formula is C18H17N3. The van der Waals surface area contributed by atoms with Crippen molar-refractivity contribution in [3.05, 3.63) is 73.3 Å². The number of allylic oxidation sites excluding steroid dienone is 2. The maximum atomic E-state index is 4.28. The first-order chi connectivity index (χ1) is 10.2. The summed E-state index contributed by atoms with van der Waals surface area (Å²) in [7, 11) is 0. The highest BCUT2D eigenvalue weighted by Crippen LogP contribution is 2.25. The van der Waals surface area contributed by atoms with E-state index in [2.05, 4.69) is 40.2 Å². The summed E-state index contributed by atoms with van der Waals surface area (Å²) in [5.41, 5.74) is 6.43. The lowest BCUT2D eigenvalue weighted by Crippen LogP contribution is -1.88. The summed E-state index contributed by atoms with van der Waals surface area (Å²) in [5, 5.41) is 0. The van der Waals surface area contributed by atoms with Crippen LogP contribution in [0.3, 0.4) is 0 Å². The molecule has 1 aromatic carbocycles. The van der Waals surface area contributed by atoms with Crippen molar-refractivity contribution >= 4 is 22.2 Å².